The van der Waals surface area contributed by atoms with Gasteiger partial charge in [0.15, 0.2) is 0 Å². The summed E-state index contributed by atoms with van der Waals surface area (Å²) in [7, 11) is 6.58. The molecular weight excluding hydrogens is 314 g/mol. The molecule has 0 radical (unpaired) electrons. The number of hydrogen-bond donors (Lipinski definition) is 1. The second-order valence-electron chi connectivity index (χ2n) is 5.89. The standard InChI is InChI=1S/C16H26BrN3/c1-18-15(11-13-6-4-7-14(17)10-13)16-12-19(2)8-5-9-20(16)3/h4,6-7,10,15-16,18H,5,8-9,11-12H2,1-3H3. The third-order valence-electron chi connectivity index (χ3n) is 4.30. The number of hydrogen-bond acceptors (Lipinski definition) is 3. The Bertz CT molecular complexity index is 424. The number of halogens is 1. The van der Waals surface area contributed by atoms with Gasteiger partial charge in [-0.05, 0) is 64.8 Å². The van der Waals surface area contributed by atoms with Gasteiger partial charge in [0.1, 0.15) is 0 Å². The van der Waals surface area contributed by atoms with E-state index in [2.05, 4.69) is 76.5 Å². The highest BCUT2D eigenvalue weighted by Crippen LogP contribution is 2.17. The van der Waals surface area contributed by atoms with Crippen molar-refractivity contribution < 1.29 is 0 Å². The van der Waals surface area contributed by atoms with Gasteiger partial charge in [0.25, 0.3) is 0 Å². The Labute approximate surface area is 131 Å². The molecule has 1 aliphatic rings. The molecule has 1 aromatic carbocycles. The van der Waals surface area contributed by atoms with Crippen LogP contribution in [0.4, 0.5) is 0 Å². The molecule has 0 aromatic heterocycles. The molecule has 1 saturated heterocycles. The fraction of sp³-hybridized carbons (Fsp3) is 0.625. The lowest BCUT2D eigenvalue weighted by Crippen LogP contribution is -2.52. The molecule has 20 heavy (non-hydrogen) atoms. The number of rotatable bonds is 4. The van der Waals surface area contributed by atoms with Crippen molar-refractivity contribution in [2.75, 3.05) is 40.8 Å². The molecule has 3 nitrogen and oxygen atoms in total. The maximum atomic E-state index is 3.56. The second kappa shape index (κ2) is 7.55. The van der Waals surface area contributed by atoms with Crippen molar-refractivity contribution in [1.82, 2.24) is 15.1 Å². The monoisotopic (exact) mass is 339 g/mol. The fourth-order valence-electron chi connectivity index (χ4n) is 3.09. The summed E-state index contributed by atoms with van der Waals surface area (Å²) < 4.78 is 1.16. The van der Waals surface area contributed by atoms with Gasteiger partial charge in [-0.2, -0.15) is 0 Å². The minimum atomic E-state index is 0.481. The molecule has 0 amide bonds. The first kappa shape index (κ1) is 16.0. The Kier molecular flexibility index (Phi) is 6.02. The third kappa shape index (κ3) is 4.29. The summed E-state index contributed by atoms with van der Waals surface area (Å²) in [6.07, 6.45) is 2.33. The summed E-state index contributed by atoms with van der Waals surface area (Å²) in [6.45, 7) is 3.52. The summed E-state index contributed by atoms with van der Waals surface area (Å²) in [6, 6.07) is 9.69. The molecule has 4 heteroatoms. The van der Waals surface area contributed by atoms with E-state index in [-0.39, 0.29) is 0 Å². The van der Waals surface area contributed by atoms with Gasteiger partial charge < -0.3 is 15.1 Å². The van der Waals surface area contributed by atoms with Crippen molar-refractivity contribution in [3.63, 3.8) is 0 Å². The Morgan fingerprint density at radius 2 is 2.15 bits per heavy atom. The van der Waals surface area contributed by atoms with Crippen LogP contribution in [0.1, 0.15) is 12.0 Å². The zero-order valence-electron chi connectivity index (χ0n) is 12.8. The number of benzene rings is 1. The van der Waals surface area contributed by atoms with Crippen molar-refractivity contribution >= 4 is 15.9 Å². The molecule has 2 unspecified atom stereocenters. The summed E-state index contributed by atoms with van der Waals surface area (Å²) in [4.78, 5) is 4.97. The summed E-state index contributed by atoms with van der Waals surface area (Å²) >= 11 is 3.56. The van der Waals surface area contributed by atoms with E-state index in [1.165, 1.54) is 25.1 Å². The number of nitrogens with one attached hydrogen (secondary N) is 1. The predicted molar refractivity (Wildman–Crippen MR) is 89.2 cm³/mol. The van der Waals surface area contributed by atoms with Crippen LogP contribution in [0.3, 0.4) is 0 Å². The lowest BCUT2D eigenvalue weighted by Gasteiger charge is -2.34. The van der Waals surface area contributed by atoms with Crippen LogP contribution in [0, 0.1) is 0 Å². The zero-order chi connectivity index (χ0) is 14.5. The molecule has 1 aliphatic heterocycles. The van der Waals surface area contributed by atoms with E-state index in [1.807, 2.05) is 0 Å². The van der Waals surface area contributed by atoms with Crippen LogP contribution in [0.2, 0.25) is 0 Å². The Hall–Kier alpha value is -0.420. The largest absolute Gasteiger partial charge is 0.315 e. The van der Waals surface area contributed by atoms with E-state index < -0.39 is 0 Å². The van der Waals surface area contributed by atoms with Crippen molar-refractivity contribution in [2.24, 2.45) is 0 Å². The Morgan fingerprint density at radius 1 is 1.35 bits per heavy atom. The van der Waals surface area contributed by atoms with Crippen molar-refractivity contribution in [1.29, 1.82) is 0 Å². The number of nitrogens with zero attached hydrogens (tertiary/aromatic N) is 2. The normalized spacial score (nSPS) is 23.5. The Morgan fingerprint density at radius 3 is 2.85 bits per heavy atom. The van der Waals surface area contributed by atoms with Gasteiger partial charge in [-0.15, -0.1) is 0 Å². The quantitative estimate of drug-likeness (QED) is 0.907. The van der Waals surface area contributed by atoms with Crippen LogP contribution in [0.15, 0.2) is 28.7 Å². The lowest BCUT2D eigenvalue weighted by molar-refractivity contribution is 0.181. The first-order valence-corrected chi connectivity index (χ1v) is 8.20. The number of likely N-dealkylation sites (N-methyl/N-ethyl adjacent to an activating group) is 3. The molecule has 1 fully saturated rings. The minimum Gasteiger partial charge on any atom is -0.315 e. The van der Waals surface area contributed by atoms with E-state index >= 15 is 0 Å². The minimum absolute atomic E-state index is 0.481. The molecule has 1 heterocycles. The van der Waals surface area contributed by atoms with Gasteiger partial charge in [0, 0.05) is 23.1 Å². The van der Waals surface area contributed by atoms with E-state index in [1.54, 1.807) is 0 Å². The highest BCUT2D eigenvalue weighted by Gasteiger charge is 2.27. The molecular formula is C16H26BrN3. The molecule has 0 bridgehead atoms. The lowest BCUT2D eigenvalue weighted by atomic mass is 9.98. The topological polar surface area (TPSA) is 18.5 Å². The second-order valence-corrected chi connectivity index (χ2v) is 6.81. The van der Waals surface area contributed by atoms with E-state index in [4.69, 9.17) is 0 Å². The van der Waals surface area contributed by atoms with Gasteiger partial charge in [-0.1, -0.05) is 28.1 Å². The average Bonchev–Trinajstić information content (AvgIpc) is 2.58. The maximum absolute atomic E-state index is 3.56. The molecule has 1 aromatic rings. The van der Waals surface area contributed by atoms with Crippen LogP contribution in [-0.4, -0.2) is 62.7 Å². The van der Waals surface area contributed by atoms with Crippen LogP contribution >= 0.6 is 15.9 Å². The first-order valence-electron chi connectivity index (χ1n) is 7.40. The summed E-state index contributed by atoms with van der Waals surface area (Å²) in [5.41, 5.74) is 1.39. The maximum Gasteiger partial charge on any atom is 0.0376 e. The molecule has 0 spiro atoms. The summed E-state index contributed by atoms with van der Waals surface area (Å²) in [5.74, 6) is 0. The van der Waals surface area contributed by atoms with E-state index in [0.717, 1.165) is 17.4 Å². The SMILES string of the molecule is CNC(Cc1cccc(Br)c1)C1CN(C)CCCN1C. The highest BCUT2D eigenvalue weighted by atomic mass is 79.9. The van der Waals surface area contributed by atoms with E-state index in [9.17, 15) is 0 Å². The van der Waals surface area contributed by atoms with Crippen molar-refractivity contribution in [3.05, 3.63) is 34.3 Å². The molecule has 112 valence electrons. The molecule has 0 saturated carbocycles. The van der Waals surface area contributed by atoms with Gasteiger partial charge in [0.05, 0.1) is 0 Å². The smallest absolute Gasteiger partial charge is 0.0376 e. The van der Waals surface area contributed by atoms with Gasteiger partial charge in [-0.25, -0.2) is 0 Å². The van der Waals surface area contributed by atoms with Crippen LogP contribution < -0.4 is 5.32 Å². The van der Waals surface area contributed by atoms with Crippen LogP contribution in [0.5, 0.6) is 0 Å². The fourth-order valence-corrected chi connectivity index (χ4v) is 3.54. The predicted octanol–water partition coefficient (Wildman–Crippen LogP) is 2.22. The zero-order valence-corrected chi connectivity index (χ0v) is 14.4. The van der Waals surface area contributed by atoms with Crippen molar-refractivity contribution in [2.45, 2.75) is 24.9 Å². The summed E-state index contributed by atoms with van der Waals surface area (Å²) in [5, 5.41) is 3.53. The molecule has 2 atom stereocenters. The Balaban J connectivity index is 2.09. The third-order valence-corrected chi connectivity index (χ3v) is 4.79. The van der Waals surface area contributed by atoms with Gasteiger partial charge in [0.2, 0.25) is 0 Å². The molecule has 0 aliphatic carbocycles. The molecule has 2 rings (SSSR count). The molecule has 1 N–H and O–H groups in total. The van der Waals surface area contributed by atoms with Gasteiger partial charge >= 0.3 is 0 Å². The van der Waals surface area contributed by atoms with Crippen LogP contribution in [-0.2, 0) is 6.42 Å². The first-order chi connectivity index (χ1) is 9.60. The van der Waals surface area contributed by atoms with Crippen LogP contribution in [0.25, 0.3) is 0 Å². The van der Waals surface area contributed by atoms with Crippen molar-refractivity contribution in [3.8, 4) is 0 Å². The van der Waals surface area contributed by atoms with Gasteiger partial charge in [-0.3, -0.25) is 0 Å². The highest BCUT2D eigenvalue weighted by molar-refractivity contribution is 9.10. The average molecular weight is 340 g/mol. The van der Waals surface area contributed by atoms with E-state index in [0.29, 0.717) is 12.1 Å².